The molecule has 0 amide bonds. The number of anilines is 3. The molecule has 0 saturated heterocycles. The standard InChI is InChI=1S/C15H20N4/c1-10-17-13(16)9-14(18-10)19-12-7-5-11(6-8-12)15(2,3)4/h5-9H,1-4H3,(H3,16,17,18,19). The molecule has 0 bridgehead atoms. The van der Waals surface area contributed by atoms with Crippen LogP contribution in [0.15, 0.2) is 30.3 Å². The second-order valence-corrected chi connectivity index (χ2v) is 5.68. The summed E-state index contributed by atoms with van der Waals surface area (Å²) in [6.45, 7) is 8.42. The van der Waals surface area contributed by atoms with Crippen molar-refractivity contribution in [1.29, 1.82) is 0 Å². The van der Waals surface area contributed by atoms with Crippen molar-refractivity contribution in [3.8, 4) is 0 Å². The molecule has 19 heavy (non-hydrogen) atoms. The number of nitrogens with two attached hydrogens (primary N) is 1. The van der Waals surface area contributed by atoms with E-state index in [0.29, 0.717) is 17.5 Å². The van der Waals surface area contributed by atoms with E-state index in [9.17, 15) is 0 Å². The maximum absolute atomic E-state index is 5.70. The van der Waals surface area contributed by atoms with Gasteiger partial charge in [0.15, 0.2) is 0 Å². The zero-order valence-corrected chi connectivity index (χ0v) is 11.9. The Balaban J connectivity index is 2.20. The Kier molecular flexibility index (Phi) is 3.42. The van der Waals surface area contributed by atoms with Crippen LogP contribution in [0.5, 0.6) is 0 Å². The number of aromatic nitrogens is 2. The third-order valence-electron chi connectivity index (χ3n) is 2.88. The third-order valence-corrected chi connectivity index (χ3v) is 2.88. The Morgan fingerprint density at radius 2 is 1.68 bits per heavy atom. The molecule has 0 aliphatic heterocycles. The number of aryl methyl sites for hydroxylation is 1. The lowest BCUT2D eigenvalue weighted by Crippen LogP contribution is -2.10. The van der Waals surface area contributed by atoms with E-state index in [0.717, 1.165) is 5.69 Å². The van der Waals surface area contributed by atoms with Gasteiger partial charge in [0.1, 0.15) is 17.5 Å². The Bertz CT molecular complexity index is 547. The van der Waals surface area contributed by atoms with Gasteiger partial charge in [-0.3, -0.25) is 0 Å². The second-order valence-electron chi connectivity index (χ2n) is 5.68. The Labute approximate surface area is 114 Å². The van der Waals surface area contributed by atoms with E-state index < -0.39 is 0 Å². The lowest BCUT2D eigenvalue weighted by Gasteiger charge is -2.19. The largest absolute Gasteiger partial charge is 0.384 e. The van der Waals surface area contributed by atoms with E-state index >= 15 is 0 Å². The molecule has 1 heterocycles. The van der Waals surface area contributed by atoms with Crippen LogP contribution in [0.4, 0.5) is 17.3 Å². The van der Waals surface area contributed by atoms with Crippen molar-refractivity contribution in [2.45, 2.75) is 33.1 Å². The minimum Gasteiger partial charge on any atom is -0.384 e. The number of rotatable bonds is 2. The van der Waals surface area contributed by atoms with Crippen molar-refractivity contribution < 1.29 is 0 Å². The minimum absolute atomic E-state index is 0.161. The molecule has 2 aromatic rings. The number of benzene rings is 1. The fraction of sp³-hybridized carbons (Fsp3) is 0.333. The summed E-state index contributed by atoms with van der Waals surface area (Å²) in [4.78, 5) is 8.35. The summed E-state index contributed by atoms with van der Waals surface area (Å²) < 4.78 is 0. The van der Waals surface area contributed by atoms with Gasteiger partial charge in [-0.1, -0.05) is 32.9 Å². The fourth-order valence-corrected chi connectivity index (χ4v) is 1.86. The first kappa shape index (κ1) is 13.3. The Morgan fingerprint density at radius 1 is 1.05 bits per heavy atom. The van der Waals surface area contributed by atoms with Gasteiger partial charge in [-0.25, -0.2) is 9.97 Å². The van der Waals surface area contributed by atoms with E-state index in [2.05, 4.69) is 48.2 Å². The molecule has 3 N–H and O–H groups in total. The van der Waals surface area contributed by atoms with Crippen LogP contribution in [-0.4, -0.2) is 9.97 Å². The number of nitrogen functional groups attached to an aromatic ring is 1. The molecule has 4 heteroatoms. The summed E-state index contributed by atoms with van der Waals surface area (Å²) >= 11 is 0. The van der Waals surface area contributed by atoms with Crippen LogP contribution in [0, 0.1) is 6.92 Å². The van der Waals surface area contributed by atoms with Gasteiger partial charge in [-0.15, -0.1) is 0 Å². The van der Waals surface area contributed by atoms with Gasteiger partial charge in [-0.05, 0) is 30.0 Å². The van der Waals surface area contributed by atoms with Crippen LogP contribution in [-0.2, 0) is 5.41 Å². The van der Waals surface area contributed by atoms with E-state index in [1.807, 2.05) is 19.1 Å². The topological polar surface area (TPSA) is 63.8 Å². The molecule has 0 radical (unpaired) electrons. The van der Waals surface area contributed by atoms with Crippen molar-refractivity contribution in [3.63, 3.8) is 0 Å². The molecule has 0 fully saturated rings. The SMILES string of the molecule is Cc1nc(N)cc(Nc2ccc(C(C)(C)C)cc2)n1. The lowest BCUT2D eigenvalue weighted by molar-refractivity contribution is 0.590. The highest BCUT2D eigenvalue weighted by Gasteiger charge is 2.12. The normalized spacial score (nSPS) is 11.4. The molecule has 0 aliphatic rings. The molecule has 0 aliphatic carbocycles. The van der Waals surface area contributed by atoms with Crippen LogP contribution in [0.3, 0.4) is 0 Å². The smallest absolute Gasteiger partial charge is 0.136 e. The molecule has 1 aromatic carbocycles. The molecule has 2 rings (SSSR count). The second kappa shape index (κ2) is 4.88. The Morgan fingerprint density at radius 3 is 2.21 bits per heavy atom. The number of nitrogens with zero attached hydrogens (tertiary/aromatic N) is 2. The quantitative estimate of drug-likeness (QED) is 0.864. The van der Waals surface area contributed by atoms with Gasteiger partial charge in [0, 0.05) is 11.8 Å². The number of hydrogen-bond donors (Lipinski definition) is 2. The summed E-state index contributed by atoms with van der Waals surface area (Å²) in [6.07, 6.45) is 0. The average Bonchev–Trinajstić information content (AvgIpc) is 2.26. The highest BCUT2D eigenvalue weighted by Crippen LogP contribution is 2.24. The van der Waals surface area contributed by atoms with Crippen molar-refractivity contribution in [1.82, 2.24) is 9.97 Å². The van der Waals surface area contributed by atoms with Gasteiger partial charge in [0.2, 0.25) is 0 Å². The van der Waals surface area contributed by atoms with E-state index in [-0.39, 0.29) is 5.41 Å². The van der Waals surface area contributed by atoms with Crippen LogP contribution >= 0.6 is 0 Å². The molecule has 0 spiro atoms. The molecule has 4 nitrogen and oxygen atoms in total. The first-order chi connectivity index (χ1) is 8.84. The van der Waals surface area contributed by atoms with E-state index in [1.54, 1.807) is 6.07 Å². The molecular weight excluding hydrogens is 236 g/mol. The molecule has 1 aromatic heterocycles. The van der Waals surface area contributed by atoms with E-state index in [4.69, 9.17) is 5.73 Å². The predicted octanol–water partition coefficient (Wildman–Crippen LogP) is 3.41. The van der Waals surface area contributed by atoms with Gasteiger partial charge >= 0.3 is 0 Å². The summed E-state index contributed by atoms with van der Waals surface area (Å²) in [5.74, 6) is 1.85. The third kappa shape index (κ3) is 3.44. The minimum atomic E-state index is 0.161. The highest BCUT2D eigenvalue weighted by molar-refractivity contribution is 5.59. The van der Waals surface area contributed by atoms with Crippen molar-refractivity contribution in [3.05, 3.63) is 41.7 Å². The number of hydrogen-bond acceptors (Lipinski definition) is 4. The summed E-state index contributed by atoms with van der Waals surface area (Å²) in [5, 5.41) is 3.23. The predicted molar refractivity (Wildman–Crippen MR) is 79.6 cm³/mol. The van der Waals surface area contributed by atoms with Gasteiger partial charge < -0.3 is 11.1 Å². The van der Waals surface area contributed by atoms with Crippen LogP contribution in [0.2, 0.25) is 0 Å². The monoisotopic (exact) mass is 256 g/mol. The molecule has 0 unspecified atom stereocenters. The van der Waals surface area contributed by atoms with Crippen LogP contribution in [0.1, 0.15) is 32.2 Å². The average molecular weight is 256 g/mol. The van der Waals surface area contributed by atoms with Gasteiger partial charge in [0.25, 0.3) is 0 Å². The van der Waals surface area contributed by atoms with Crippen molar-refractivity contribution in [2.75, 3.05) is 11.1 Å². The highest BCUT2D eigenvalue weighted by atomic mass is 15.0. The zero-order chi connectivity index (χ0) is 14.0. The van der Waals surface area contributed by atoms with Crippen molar-refractivity contribution >= 4 is 17.3 Å². The molecular formula is C15H20N4. The van der Waals surface area contributed by atoms with Gasteiger partial charge in [0.05, 0.1) is 0 Å². The van der Waals surface area contributed by atoms with Crippen molar-refractivity contribution in [2.24, 2.45) is 0 Å². The molecule has 0 saturated carbocycles. The molecule has 0 atom stereocenters. The first-order valence-electron chi connectivity index (χ1n) is 6.33. The first-order valence-corrected chi connectivity index (χ1v) is 6.33. The lowest BCUT2D eigenvalue weighted by atomic mass is 9.87. The van der Waals surface area contributed by atoms with Gasteiger partial charge in [-0.2, -0.15) is 0 Å². The summed E-state index contributed by atoms with van der Waals surface area (Å²) in [6, 6.07) is 10.1. The Hall–Kier alpha value is -2.10. The number of nitrogens with one attached hydrogen (secondary N) is 1. The van der Waals surface area contributed by atoms with Crippen LogP contribution in [0.25, 0.3) is 0 Å². The maximum Gasteiger partial charge on any atom is 0.136 e. The summed E-state index contributed by atoms with van der Waals surface area (Å²) in [7, 11) is 0. The summed E-state index contributed by atoms with van der Waals surface area (Å²) in [5.41, 5.74) is 8.16. The fourth-order valence-electron chi connectivity index (χ4n) is 1.86. The molecule has 100 valence electrons. The van der Waals surface area contributed by atoms with E-state index in [1.165, 1.54) is 5.56 Å². The van der Waals surface area contributed by atoms with Crippen LogP contribution < -0.4 is 11.1 Å². The maximum atomic E-state index is 5.70. The zero-order valence-electron chi connectivity index (χ0n) is 11.9.